The van der Waals surface area contributed by atoms with Crippen LogP contribution in [0.15, 0.2) is 71.6 Å². The van der Waals surface area contributed by atoms with Crippen molar-refractivity contribution in [1.82, 2.24) is 4.98 Å². The van der Waals surface area contributed by atoms with Crippen molar-refractivity contribution in [3.8, 4) is 11.1 Å². The molecule has 0 atom stereocenters. The highest BCUT2D eigenvalue weighted by Gasteiger charge is 2.11. The van der Waals surface area contributed by atoms with E-state index in [9.17, 15) is 8.42 Å². The van der Waals surface area contributed by atoms with Crippen molar-refractivity contribution in [1.29, 1.82) is 0 Å². The van der Waals surface area contributed by atoms with Gasteiger partial charge in [0, 0.05) is 21.9 Å². The average molecular weight is 322 g/mol. The predicted octanol–water partition coefficient (Wildman–Crippen LogP) is 3.64. The van der Waals surface area contributed by atoms with E-state index in [2.05, 4.69) is 17.1 Å². The first kappa shape index (κ1) is 14.0. The number of para-hydroxylation sites is 2. The number of H-pyrrole nitrogens is 1. The Morgan fingerprint density at radius 1 is 0.783 bits per heavy atom. The maximum absolute atomic E-state index is 11.4. The van der Waals surface area contributed by atoms with Crippen molar-refractivity contribution in [2.45, 2.75) is 4.90 Å². The number of nitrogens with two attached hydrogens (primary N) is 1. The number of hydrogen-bond acceptors (Lipinski definition) is 2. The van der Waals surface area contributed by atoms with Crippen LogP contribution >= 0.6 is 0 Å². The van der Waals surface area contributed by atoms with E-state index in [1.54, 1.807) is 12.1 Å². The Labute approximate surface area is 133 Å². The van der Waals surface area contributed by atoms with E-state index < -0.39 is 10.0 Å². The second-order valence-electron chi connectivity index (χ2n) is 5.47. The van der Waals surface area contributed by atoms with Crippen LogP contribution in [0.1, 0.15) is 0 Å². The normalized spacial score (nSPS) is 12.0. The lowest BCUT2D eigenvalue weighted by molar-refractivity contribution is 0.598. The highest BCUT2D eigenvalue weighted by atomic mass is 32.2. The van der Waals surface area contributed by atoms with Gasteiger partial charge in [0.15, 0.2) is 0 Å². The van der Waals surface area contributed by atoms with E-state index >= 15 is 0 Å². The Balaban J connectivity index is 1.95. The molecule has 0 spiro atoms. The predicted molar refractivity (Wildman–Crippen MR) is 92.6 cm³/mol. The minimum Gasteiger partial charge on any atom is -0.354 e. The highest BCUT2D eigenvalue weighted by molar-refractivity contribution is 7.89. The largest absolute Gasteiger partial charge is 0.354 e. The van der Waals surface area contributed by atoms with Crippen LogP contribution in [-0.2, 0) is 10.0 Å². The Morgan fingerprint density at radius 2 is 1.48 bits per heavy atom. The molecule has 0 unspecified atom stereocenters. The number of rotatable bonds is 2. The van der Waals surface area contributed by atoms with Crippen molar-refractivity contribution in [2.24, 2.45) is 5.14 Å². The molecule has 0 aliphatic carbocycles. The van der Waals surface area contributed by atoms with E-state index in [4.69, 9.17) is 5.14 Å². The van der Waals surface area contributed by atoms with Crippen molar-refractivity contribution in [2.75, 3.05) is 0 Å². The molecule has 0 saturated heterocycles. The first-order chi connectivity index (χ1) is 11.0. The lowest BCUT2D eigenvalue weighted by atomic mass is 10.0. The van der Waals surface area contributed by atoms with Crippen LogP contribution in [0, 0.1) is 0 Å². The monoisotopic (exact) mass is 322 g/mol. The third-order valence-electron chi connectivity index (χ3n) is 4.04. The summed E-state index contributed by atoms with van der Waals surface area (Å²) in [6, 6.07) is 20.9. The molecule has 0 radical (unpaired) electrons. The van der Waals surface area contributed by atoms with E-state index in [0.717, 1.165) is 27.5 Å². The molecule has 5 heteroatoms. The van der Waals surface area contributed by atoms with Crippen molar-refractivity contribution >= 4 is 31.8 Å². The number of fused-ring (bicyclic) bond motifs is 3. The van der Waals surface area contributed by atoms with E-state index in [1.165, 1.54) is 17.5 Å². The standard InChI is InChI=1S/C18H14N2O2S/c19-23(21,22)13-10-8-12(9-11-13)14-5-3-6-16-15-4-1-2-7-17(15)20-18(14)16/h1-11,20H,(H2,19,21,22). The van der Waals surface area contributed by atoms with Gasteiger partial charge in [0.1, 0.15) is 0 Å². The molecule has 4 nitrogen and oxygen atoms in total. The molecule has 1 aromatic heterocycles. The zero-order valence-corrected chi connectivity index (χ0v) is 13.0. The minimum absolute atomic E-state index is 0.116. The Kier molecular flexibility index (Phi) is 3.01. The van der Waals surface area contributed by atoms with Crippen LogP contribution in [0.4, 0.5) is 0 Å². The van der Waals surface area contributed by atoms with Crippen LogP contribution < -0.4 is 5.14 Å². The number of aromatic amines is 1. The van der Waals surface area contributed by atoms with Crippen LogP contribution in [-0.4, -0.2) is 13.4 Å². The van der Waals surface area contributed by atoms with Crippen molar-refractivity contribution in [3.63, 3.8) is 0 Å². The topological polar surface area (TPSA) is 76.0 Å². The molecule has 0 fully saturated rings. The van der Waals surface area contributed by atoms with Gasteiger partial charge in [-0.15, -0.1) is 0 Å². The molecule has 0 saturated carbocycles. The van der Waals surface area contributed by atoms with Gasteiger partial charge >= 0.3 is 0 Å². The molecule has 4 aromatic rings. The van der Waals surface area contributed by atoms with Gasteiger partial charge in [-0.25, -0.2) is 13.6 Å². The SMILES string of the molecule is NS(=O)(=O)c1ccc(-c2cccc3c2[nH]c2ccccc23)cc1. The lowest BCUT2D eigenvalue weighted by Crippen LogP contribution is -2.11. The maximum Gasteiger partial charge on any atom is 0.238 e. The smallest absolute Gasteiger partial charge is 0.238 e. The van der Waals surface area contributed by atoms with Crippen molar-refractivity contribution in [3.05, 3.63) is 66.7 Å². The molecule has 3 aromatic carbocycles. The van der Waals surface area contributed by atoms with Gasteiger partial charge in [-0.05, 0) is 23.8 Å². The second kappa shape index (κ2) is 4.94. The molecule has 3 N–H and O–H groups in total. The summed E-state index contributed by atoms with van der Waals surface area (Å²) in [5, 5.41) is 7.47. The molecule has 0 amide bonds. The number of hydrogen-bond donors (Lipinski definition) is 2. The summed E-state index contributed by atoms with van der Waals surface area (Å²) in [5.41, 5.74) is 4.09. The van der Waals surface area contributed by atoms with Gasteiger partial charge in [0.2, 0.25) is 10.0 Å². The van der Waals surface area contributed by atoms with E-state index in [0.29, 0.717) is 0 Å². The number of benzene rings is 3. The van der Waals surface area contributed by atoms with Crippen molar-refractivity contribution < 1.29 is 8.42 Å². The number of sulfonamides is 1. The van der Waals surface area contributed by atoms with Gasteiger partial charge < -0.3 is 4.98 Å². The summed E-state index contributed by atoms with van der Waals surface area (Å²) in [6.07, 6.45) is 0. The third-order valence-corrected chi connectivity index (χ3v) is 4.96. The highest BCUT2D eigenvalue weighted by Crippen LogP contribution is 2.33. The van der Waals surface area contributed by atoms with Crippen LogP contribution in [0.3, 0.4) is 0 Å². The van der Waals surface area contributed by atoms with Crippen LogP contribution in [0.2, 0.25) is 0 Å². The summed E-state index contributed by atoms with van der Waals surface area (Å²) in [5.74, 6) is 0. The number of primary sulfonamides is 1. The molecular formula is C18H14N2O2S. The first-order valence-electron chi connectivity index (χ1n) is 7.17. The summed E-state index contributed by atoms with van der Waals surface area (Å²) < 4.78 is 22.8. The zero-order chi connectivity index (χ0) is 16.0. The Morgan fingerprint density at radius 3 is 2.22 bits per heavy atom. The molecule has 1 heterocycles. The fourth-order valence-corrected chi connectivity index (χ4v) is 3.45. The molecule has 114 valence electrons. The van der Waals surface area contributed by atoms with E-state index in [-0.39, 0.29) is 4.90 Å². The quantitative estimate of drug-likeness (QED) is 0.591. The molecule has 0 aliphatic heterocycles. The minimum atomic E-state index is -3.67. The van der Waals surface area contributed by atoms with Crippen LogP contribution in [0.25, 0.3) is 32.9 Å². The summed E-state index contributed by atoms with van der Waals surface area (Å²) in [4.78, 5) is 3.56. The lowest BCUT2D eigenvalue weighted by Gasteiger charge is -2.05. The second-order valence-corrected chi connectivity index (χ2v) is 7.03. The molecule has 23 heavy (non-hydrogen) atoms. The molecule has 0 bridgehead atoms. The average Bonchev–Trinajstić information content (AvgIpc) is 2.93. The maximum atomic E-state index is 11.4. The number of nitrogens with one attached hydrogen (secondary N) is 1. The molecule has 0 aliphatic rings. The summed E-state index contributed by atoms with van der Waals surface area (Å²) in [6.45, 7) is 0. The fraction of sp³-hybridized carbons (Fsp3) is 0. The summed E-state index contributed by atoms with van der Waals surface area (Å²) in [7, 11) is -3.67. The fourth-order valence-electron chi connectivity index (χ4n) is 2.94. The first-order valence-corrected chi connectivity index (χ1v) is 8.71. The van der Waals surface area contributed by atoms with Gasteiger partial charge in [0.05, 0.1) is 10.4 Å². The number of aromatic nitrogens is 1. The third kappa shape index (κ3) is 2.30. The molecule has 4 rings (SSSR count). The zero-order valence-electron chi connectivity index (χ0n) is 12.2. The molecular weight excluding hydrogens is 308 g/mol. The van der Waals surface area contributed by atoms with E-state index in [1.807, 2.05) is 30.3 Å². The Hall–Kier alpha value is -2.63. The van der Waals surface area contributed by atoms with Crippen LogP contribution in [0.5, 0.6) is 0 Å². The van der Waals surface area contributed by atoms with Gasteiger partial charge in [-0.3, -0.25) is 0 Å². The summed E-state index contributed by atoms with van der Waals surface area (Å²) >= 11 is 0. The van der Waals surface area contributed by atoms with Gasteiger partial charge in [-0.1, -0.05) is 48.5 Å². The van der Waals surface area contributed by atoms with Gasteiger partial charge in [-0.2, -0.15) is 0 Å². The Bertz CT molecular complexity index is 1130. The van der Waals surface area contributed by atoms with Gasteiger partial charge in [0.25, 0.3) is 0 Å².